The Morgan fingerprint density at radius 1 is 1.00 bits per heavy atom. The Hall–Kier alpha value is -3.85. The Morgan fingerprint density at radius 2 is 1.79 bits per heavy atom. The van der Waals surface area contributed by atoms with Gasteiger partial charge in [0.05, 0.1) is 12.0 Å². The minimum atomic E-state index is -1.09. The highest BCUT2D eigenvalue weighted by Crippen LogP contribution is 2.42. The SMILES string of the molecule is O=C(CN1NC2c3cc(F)ccc3N(Cc3ccccc3)CC2C1=O)Nc1ccc(F)c(F)c1. The molecule has 34 heavy (non-hydrogen) atoms. The van der Waals surface area contributed by atoms with E-state index in [4.69, 9.17) is 0 Å². The largest absolute Gasteiger partial charge is 0.366 e. The summed E-state index contributed by atoms with van der Waals surface area (Å²) < 4.78 is 40.7. The van der Waals surface area contributed by atoms with Crippen LogP contribution in [0.15, 0.2) is 66.7 Å². The van der Waals surface area contributed by atoms with Gasteiger partial charge in [0, 0.05) is 30.5 Å². The van der Waals surface area contributed by atoms with Crippen LogP contribution < -0.4 is 15.6 Å². The van der Waals surface area contributed by atoms with Crippen LogP contribution >= 0.6 is 0 Å². The lowest BCUT2D eigenvalue weighted by Crippen LogP contribution is -2.41. The van der Waals surface area contributed by atoms with Crippen molar-refractivity contribution in [2.75, 3.05) is 23.3 Å². The molecule has 5 rings (SSSR count). The maximum absolute atomic E-state index is 14.1. The van der Waals surface area contributed by atoms with Crippen molar-refractivity contribution in [1.29, 1.82) is 0 Å². The zero-order valence-corrected chi connectivity index (χ0v) is 18.0. The third-order valence-electron chi connectivity index (χ3n) is 6.08. The zero-order valence-electron chi connectivity index (χ0n) is 18.0. The predicted octanol–water partition coefficient (Wildman–Crippen LogP) is 3.77. The first-order chi connectivity index (χ1) is 16.4. The normalized spacial score (nSPS) is 19.1. The number of carbonyl (C=O) groups excluding carboxylic acids is 2. The lowest BCUT2D eigenvalue weighted by Gasteiger charge is -2.36. The van der Waals surface area contributed by atoms with Gasteiger partial charge in [-0.1, -0.05) is 30.3 Å². The van der Waals surface area contributed by atoms with Crippen LogP contribution in [-0.2, 0) is 16.1 Å². The molecule has 0 radical (unpaired) electrons. The number of hydrogen-bond donors (Lipinski definition) is 2. The van der Waals surface area contributed by atoms with Crippen LogP contribution in [0.1, 0.15) is 17.2 Å². The molecule has 1 saturated heterocycles. The Morgan fingerprint density at radius 3 is 2.56 bits per heavy atom. The number of hydrogen-bond acceptors (Lipinski definition) is 4. The molecule has 3 aromatic rings. The standard InChI is InChI=1S/C25H21F3N4O2/c26-16-6-9-22-18(10-16)24-19(13-31(22)12-15-4-2-1-3-5-15)25(34)32(30-24)14-23(33)29-17-7-8-20(27)21(28)11-17/h1-11,19,24,30H,12-14H2,(H,29,33). The van der Waals surface area contributed by atoms with E-state index >= 15 is 0 Å². The predicted molar refractivity (Wildman–Crippen MR) is 120 cm³/mol. The van der Waals surface area contributed by atoms with Gasteiger partial charge in [0.2, 0.25) is 11.8 Å². The summed E-state index contributed by atoms with van der Waals surface area (Å²) in [6, 6.07) is 16.8. The second-order valence-electron chi connectivity index (χ2n) is 8.38. The number of carbonyl (C=O) groups is 2. The minimum Gasteiger partial charge on any atom is -0.366 e. The minimum absolute atomic E-state index is 0.0782. The van der Waals surface area contributed by atoms with Crippen molar-refractivity contribution >= 4 is 23.2 Å². The van der Waals surface area contributed by atoms with Crippen molar-refractivity contribution in [3.8, 4) is 0 Å². The van der Waals surface area contributed by atoms with Crippen molar-refractivity contribution in [3.05, 3.63) is 95.3 Å². The van der Waals surface area contributed by atoms with Gasteiger partial charge in [-0.2, -0.15) is 0 Å². The number of fused-ring (bicyclic) bond motifs is 3. The molecule has 2 N–H and O–H groups in total. The summed E-state index contributed by atoms with van der Waals surface area (Å²) in [7, 11) is 0. The van der Waals surface area contributed by atoms with Crippen LogP contribution in [0.4, 0.5) is 24.5 Å². The number of anilines is 2. The highest BCUT2D eigenvalue weighted by molar-refractivity contribution is 5.95. The number of rotatable bonds is 5. The summed E-state index contributed by atoms with van der Waals surface area (Å²) in [5.74, 6) is -3.91. The van der Waals surface area contributed by atoms with Crippen LogP contribution in [0.2, 0.25) is 0 Å². The zero-order chi connectivity index (χ0) is 23.8. The average Bonchev–Trinajstić information content (AvgIpc) is 3.12. The maximum atomic E-state index is 14.1. The second-order valence-corrected chi connectivity index (χ2v) is 8.38. The molecule has 0 bridgehead atoms. The van der Waals surface area contributed by atoms with Crippen LogP contribution in [0, 0.1) is 23.4 Å². The lowest BCUT2D eigenvalue weighted by molar-refractivity contribution is -0.135. The summed E-state index contributed by atoms with van der Waals surface area (Å²) in [5.41, 5.74) is 5.64. The molecule has 2 aliphatic heterocycles. The fraction of sp³-hybridized carbons (Fsp3) is 0.200. The lowest BCUT2D eigenvalue weighted by atomic mass is 9.88. The summed E-state index contributed by atoms with van der Waals surface area (Å²) in [4.78, 5) is 27.7. The first kappa shape index (κ1) is 22.0. The van der Waals surface area contributed by atoms with Gasteiger partial charge in [-0.3, -0.25) is 14.6 Å². The molecule has 2 unspecified atom stereocenters. The third kappa shape index (κ3) is 4.22. The van der Waals surface area contributed by atoms with Gasteiger partial charge in [-0.25, -0.2) is 18.6 Å². The van der Waals surface area contributed by atoms with E-state index in [1.54, 1.807) is 6.07 Å². The van der Waals surface area contributed by atoms with Crippen molar-refractivity contribution in [1.82, 2.24) is 10.4 Å². The highest BCUT2D eigenvalue weighted by atomic mass is 19.2. The average molecular weight is 466 g/mol. The molecule has 0 aliphatic carbocycles. The van der Waals surface area contributed by atoms with Crippen molar-refractivity contribution in [3.63, 3.8) is 0 Å². The summed E-state index contributed by atoms with van der Waals surface area (Å²) >= 11 is 0. The fourth-order valence-electron chi connectivity index (χ4n) is 4.53. The van der Waals surface area contributed by atoms with E-state index in [0.717, 1.165) is 23.4 Å². The molecule has 2 atom stereocenters. The second kappa shape index (κ2) is 8.83. The van der Waals surface area contributed by atoms with Gasteiger partial charge in [-0.05, 0) is 41.5 Å². The first-order valence-corrected chi connectivity index (χ1v) is 10.8. The molecule has 0 saturated carbocycles. The van der Waals surface area contributed by atoms with Crippen molar-refractivity contribution in [2.45, 2.75) is 12.6 Å². The van der Waals surface area contributed by atoms with Gasteiger partial charge in [-0.15, -0.1) is 0 Å². The molecule has 0 aromatic heterocycles. The van der Waals surface area contributed by atoms with Crippen molar-refractivity contribution < 1.29 is 22.8 Å². The van der Waals surface area contributed by atoms with E-state index < -0.39 is 35.3 Å². The Bertz CT molecular complexity index is 1250. The number of hydrazine groups is 1. The molecular formula is C25H21F3N4O2. The van der Waals surface area contributed by atoms with Gasteiger partial charge in [0.25, 0.3) is 0 Å². The summed E-state index contributed by atoms with van der Waals surface area (Å²) in [6.07, 6.45) is 0. The number of halogens is 3. The highest BCUT2D eigenvalue weighted by Gasteiger charge is 2.46. The molecule has 2 aliphatic rings. The monoisotopic (exact) mass is 466 g/mol. The van der Waals surface area contributed by atoms with E-state index in [1.165, 1.54) is 23.2 Å². The molecule has 9 heteroatoms. The van der Waals surface area contributed by atoms with Crippen molar-refractivity contribution in [2.24, 2.45) is 5.92 Å². The number of amides is 2. The molecule has 2 amide bonds. The van der Waals surface area contributed by atoms with Gasteiger partial charge < -0.3 is 10.2 Å². The van der Waals surface area contributed by atoms with E-state index in [-0.39, 0.29) is 18.1 Å². The quantitative estimate of drug-likeness (QED) is 0.601. The first-order valence-electron chi connectivity index (χ1n) is 10.8. The van der Waals surface area contributed by atoms with E-state index in [0.29, 0.717) is 18.7 Å². The summed E-state index contributed by atoms with van der Waals surface area (Å²) in [6.45, 7) is 0.603. The maximum Gasteiger partial charge on any atom is 0.245 e. The van der Waals surface area contributed by atoms with Crippen LogP contribution in [0.3, 0.4) is 0 Å². The molecule has 6 nitrogen and oxygen atoms in total. The van der Waals surface area contributed by atoms with Crippen LogP contribution in [0.25, 0.3) is 0 Å². The van der Waals surface area contributed by atoms with E-state index in [9.17, 15) is 22.8 Å². The van der Waals surface area contributed by atoms with Crippen LogP contribution in [-0.4, -0.2) is 29.9 Å². The molecule has 1 fully saturated rings. The molecule has 3 aromatic carbocycles. The number of nitrogens with zero attached hydrogens (tertiary/aromatic N) is 2. The topological polar surface area (TPSA) is 64.7 Å². The number of benzene rings is 3. The van der Waals surface area contributed by atoms with Crippen LogP contribution in [0.5, 0.6) is 0 Å². The fourth-order valence-corrected chi connectivity index (χ4v) is 4.53. The summed E-state index contributed by atoms with van der Waals surface area (Å²) in [5, 5.41) is 3.66. The van der Waals surface area contributed by atoms with Gasteiger partial charge >= 0.3 is 0 Å². The Balaban J connectivity index is 1.35. The Kier molecular flexibility index (Phi) is 5.70. The smallest absolute Gasteiger partial charge is 0.245 e. The van der Waals surface area contributed by atoms with Gasteiger partial charge in [0.1, 0.15) is 12.4 Å². The van der Waals surface area contributed by atoms with E-state index in [1.807, 2.05) is 35.2 Å². The molecular weight excluding hydrogens is 445 g/mol. The Labute approximate surface area is 193 Å². The van der Waals surface area contributed by atoms with Gasteiger partial charge in [0.15, 0.2) is 11.6 Å². The van der Waals surface area contributed by atoms with E-state index in [2.05, 4.69) is 10.7 Å². The molecule has 0 spiro atoms. The molecule has 2 heterocycles. The number of nitrogens with one attached hydrogen (secondary N) is 2. The molecule has 174 valence electrons. The third-order valence-corrected chi connectivity index (χ3v) is 6.08.